The molecular weight excluding hydrogens is 326 g/mol. The second-order valence-electron chi connectivity index (χ2n) is 5.33. The van der Waals surface area contributed by atoms with Gasteiger partial charge in [-0.05, 0) is 49.7 Å². The highest BCUT2D eigenvalue weighted by Gasteiger charge is 2.15. The number of thioether (sulfide) groups is 1. The van der Waals surface area contributed by atoms with E-state index in [1.54, 1.807) is 11.8 Å². The summed E-state index contributed by atoms with van der Waals surface area (Å²) in [5.41, 5.74) is 3.31. The van der Waals surface area contributed by atoms with Crippen LogP contribution in [0, 0.1) is 6.92 Å². The molecule has 0 spiro atoms. The van der Waals surface area contributed by atoms with E-state index in [9.17, 15) is 0 Å². The summed E-state index contributed by atoms with van der Waals surface area (Å²) in [6, 6.07) is 16.1. The normalized spacial score (nSPS) is 10.9. The predicted molar refractivity (Wildman–Crippen MR) is 97.6 cm³/mol. The van der Waals surface area contributed by atoms with Crippen molar-refractivity contribution >= 4 is 23.4 Å². The molecule has 3 nitrogen and oxygen atoms in total. The van der Waals surface area contributed by atoms with Gasteiger partial charge in [-0.2, -0.15) is 0 Å². The highest BCUT2D eigenvalue weighted by atomic mass is 35.5. The van der Waals surface area contributed by atoms with Crippen molar-refractivity contribution in [1.29, 1.82) is 0 Å². The Hall–Kier alpha value is -1.78. The third kappa shape index (κ3) is 3.59. The minimum atomic E-state index is 0.718. The van der Waals surface area contributed by atoms with Crippen LogP contribution in [0.15, 0.2) is 53.7 Å². The maximum Gasteiger partial charge on any atom is 0.196 e. The first kappa shape index (κ1) is 16.1. The van der Waals surface area contributed by atoms with E-state index >= 15 is 0 Å². The van der Waals surface area contributed by atoms with Crippen LogP contribution in [0.2, 0.25) is 5.02 Å². The zero-order valence-corrected chi connectivity index (χ0v) is 14.7. The van der Waals surface area contributed by atoms with Gasteiger partial charge in [-0.1, -0.05) is 48.0 Å². The van der Waals surface area contributed by atoms with E-state index in [0.717, 1.165) is 39.4 Å². The highest BCUT2D eigenvalue weighted by Crippen LogP contribution is 2.29. The lowest BCUT2D eigenvalue weighted by molar-refractivity contribution is 0.883. The average Bonchev–Trinajstić information content (AvgIpc) is 2.98. The van der Waals surface area contributed by atoms with Crippen LogP contribution in [-0.4, -0.2) is 20.5 Å². The predicted octanol–water partition coefficient (Wildman–Crippen LogP) is 5.40. The first-order valence-electron chi connectivity index (χ1n) is 7.60. The van der Waals surface area contributed by atoms with Crippen molar-refractivity contribution in [1.82, 2.24) is 14.8 Å². The lowest BCUT2D eigenvalue weighted by Gasteiger charge is -2.10. The van der Waals surface area contributed by atoms with Gasteiger partial charge in [0.05, 0.1) is 0 Å². The van der Waals surface area contributed by atoms with Gasteiger partial charge >= 0.3 is 0 Å². The van der Waals surface area contributed by atoms with Crippen molar-refractivity contribution in [3.8, 4) is 17.1 Å². The standard InChI is InChI=1S/C18H18ClN3S/c1-3-12-23-18-21-20-17(14-6-8-15(19)9-7-14)22(18)16-10-4-13(2)5-11-16/h4-11H,3,12H2,1-2H3. The minimum absolute atomic E-state index is 0.718. The van der Waals surface area contributed by atoms with Crippen LogP contribution in [0.3, 0.4) is 0 Å². The molecule has 0 fully saturated rings. The van der Waals surface area contributed by atoms with Crippen molar-refractivity contribution in [3.63, 3.8) is 0 Å². The third-order valence-corrected chi connectivity index (χ3v) is 4.85. The van der Waals surface area contributed by atoms with E-state index in [1.807, 2.05) is 24.3 Å². The molecule has 0 saturated carbocycles. The van der Waals surface area contributed by atoms with Gasteiger partial charge in [0, 0.05) is 22.0 Å². The van der Waals surface area contributed by atoms with E-state index in [-0.39, 0.29) is 0 Å². The molecular formula is C18H18ClN3S. The Balaban J connectivity index is 2.10. The molecule has 23 heavy (non-hydrogen) atoms. The second kappa shape index (κ2) is 7.20. The summed E-state index contributed by atoms with van der Waals surface area (Å²) in [6.07, 6.45) is 1.10. The smallest absolute Gasteiger partial charge is 0.196 e. The molecule has 0 bridgehead atoms. The Bertz CT molecular complexity index is 779. The van der Waals surface area contributed by atoms with Crippen LogP contribution in [0.1, 0.15) is 18.9 Å². The van der Waals surface area contributed by atoms with Crippen molar-refractivity contribution < 1.29 is 0 Å². The first-order chi connectivity index (χ1) is 11.2. The Morgan fingerprint density at radius 2 is 1.70 bits per heavy atom. The molecule has 1 heterocycles. The molecule has 3 rings (SSSR count). The van der Waals surface area contributed by atoms with Gasteiger partial charge in [0.2, 0.25) is 0 Å². The fraction of sp³-hybridized carbons (Fsp3) is 0.222. The van der Waals surface area contributed by atoms with Gasteiger partial charge in [0.1, 0.15) is 0 Å². The van der Waals surface area contributed by atoms with Crippen LogP contribution < -0.4 is 0 Å². The lowest BCUT2D eigenvalue weighted by Crippen LogP contribution is -2.00. The van der Waals surface area contributed by atoms with Crippen molar-refractivity contribution in [2.75, 3.05) is 5.75 Å². The largest absolute Gasteiger partial charge is 0.270 e. The SMILES string of the molecule is CCCSc1nnc(-c2ccc(Cl)cc2)n1-c1ccc(C)cc1. The molecule has 3 aromatic rings. The van der Waals surface area contributed by atoms with Gasteiger partial charge in [-0.15, -0.1) is 10.2 Å². The van der Waals surface area contributed by atoms with Crippen molar-refractivity contribution in [3.05, 3.63) is 59.1 Å². The van der Waals surface area contributed by atoms with E-state index in [4.69, 9.17) is 11.6 Å². The molecule has 0 atom stereocenters. The van der Waals surface area contributed by atoms with Crippen molar-refractivity contribution in [2.24, 2.45) is 0 Å². The van der Waals surface area contributed by atoms with E-state index < -0.39 is 0 Å². The third-order valence-electron chi connectivity index (χ3n) is 3.46. The Morgan fingerprint density at radius 3 is 2.35 bits per heavy atom. The molecule has 0 amide bonds. The van der Waals surface area contributed by atoms with E-state index in [0.29, 0.717) is 0 Å². The summed E-state index contributed by atoms with van der Waals surface area (Å²) in [4.78, 5) is 0. The van der Waals surface area contributed by atoms with Crippen molar-refractivity contribution in [2.45, 2.75) is 25.4 Å². The number of benzene rings is 2. The van der Waals surface area contributed by atoms with E-state index in [1.165, 1.54) is 5.56 Å². The molecule has 2 aromatic carbocycles. The number of halogens is 1. The molecule has 0 aliphatic rings. The number of hydrogen-bond donors (Lipinski definition) is 0. The summed E-state index contributed by atoms with van der Waals surface area (Å²) in [5.74, 6) is 1.86. The van der Waals surface area contributed by atoms with Gasteiger partial charge < -0.3 is 0 Å². The van der Waals surface area contributed by atoms with Crippen LogP contribution in [0.4, 0.5) is 0 Å². The molecule has 5 heteroatoms. The topological polar surface area (TPSA) is 30.7 Å². The summed E-state index contributed by atoms with van der Waals surface area (Å²) in [6.45, 7) is 4.25. The summed E-state index contributed by atoms with van der Waals surface area (Å²) >= 11 is 7.73. The summed E-state index contributed by atoms with van der Waals surface area (Å²) in [5, 5.41) is 10.4. The lowest BCUT2D eigenvalue weighted by atomic mass is 10.2. The Morgan fingerprint density at radius 1 is 1.00 bits per heavy atom. The number of hydrogen-bond acceptors (Lipinski definition) is 3. The number of aromatic nitrogens is 3. The maximum absolute atomic E-state index is 6.00. The monoisotopic (exact) mass is 343 g/mol. The molecule has 0 saturated heterocycles. The number of aryl methyl sites for hydroxylation is 1. The van der Waals surface area contributed by atoms with Gasteiger partial charge in [0.25, 0.3) is 0 Å². The first-order valence-corrected chi connectivity index (χ1v) is 8.96. The molecule has 1 aromatic heterocycles. The van der Waals surface area contributed by atoms with Gasteiger partial charge in [-0.3, -0.25) is 4.57 Å². The van der Waals surface area contributed by atoms with Crippen LogP contribution in [-0.2, 0) is 0 Å². The van der Waals surface area contributed by atoms with Gasteiger partial charge in [0.15, 0.2) is 11.0 Å². The van der Waals surface area contributed by atoms with Crippen LogP contribution in [0.25, 0.3) is 17.1 Å². The van der Waals surface area contributed by atoms with Crippen LogP contribution in [0.5, 0.6) is 0 Å². The van der Waals surface area contributed by atoms with E-state index in [2.05, 4.69) is 52.9 Å². The Labute approximate surface area is 145 Å². The zero-order valence-electron chi connectivity index (χ0n) is 13.2. The fourth-order valence-electron chi connectivity index (χ4n) is 2.27. The molecule has 0 unspecified atom stereocenters. The second-order valence-corrected chi connectivity index (χ2v) is 6.83. The summed E-state index contributed by atoms with van der Waals surface area (Å²) in [7, 11) is 0. The molecule has 0 aliphatic heterocycles. The van der Waals surface area contributed by atoms with Gasteiger partial charge in [-0.25, -0.2) is 0 Å². The average molecular weight is 344 g/mol. The Kier molecular flexibility index (Phi) is 5.03. The molecule has 0 aliphatic carbocycles. The number of nitrogens with zero attached hydrogens (tertiary/aromatic N) is 3. The quantitative estimate of drug-likeness (QED) is 0.581. The van der Waals surface area contributed by atoms with Crippen LogP contribution >= 0.6 is 23.4 Å². The molecule has 0 radical (unpaired) electrons. The highest BCUT2D eigenvalue weighted by molar-refractivity contribution is 7.99. The minimum Gasteiger partial charge on any atom is -0.270 e. The molecule has 0 N–H and O–H groups in total. The molecule has 118 valence electrons. The maximum atomic E-state index is 6.00. The zero-order chi connectivity index (χ0) is 16.2. The number of rotatable bonds is 5. The fourth-order valence-corrected chi connectivity index (χ4v) is 3.20. The summed E-state index contributed by atoms with van der Waals surface area (Å²) < 4.78 is 2.11.